The van der Waals surface area contributed by atoms with E-state index in [0.29, 0.717) is 22.4 Å². The summed E-state index contributed by atoms with van der Waals surface area (Å²) in [6.07, 6.45) is 0. The van der Waals surface area contributed by atoms with E-state index in [1.807, 2.05) is 66.7 Å². The number of benzene rings is 3. The summed E-state index contributed by atoms with van der Waals surface area (Å²) in [7, 11) is 0. The van der Waals surface area contributed by atoms with Crippen LogP contribution in [0.1, 0.15) is 0 Å². The zero-order valence-electron chi connectivity index (χ0n) is 12.3. The number of hydrogen-bond donors (Lipinski definition) is 0. The molecule has 0 saturated heterocycles. The maximum Gasteiger partial charge on any atom is 0.160 e. The summed E-state index contributed by atoms with van der Waals surface area (Å²) in [5.74, 6) is 0.295. The van der Waals surface area contributed by atoms with Gasteiger partial charge < -0.3 is 0 Å². The van der Waals surface area contributed by atoms with E-state index in [1.165, 1.54) is 6.07 Å². The molecule has 0 bridgehead atoms. The molecule has 0 fully saturated rings. The minimum atomic E-state index is -0.305. The highest BCUT2D eigenvalue weighted by atomic mass is 19.1. The van der Waals surface area contributed by atoms with Gasteiger partial charge in [0, 0.05) is 11.1 Å². The van der Waals surface area contributed by atoms with Gasteiger partial charge in [0.1, 0.15) is 5.82 Å². The predicted octanol–water partition coefficient (Wildman–Crippen LogP) is 5.10. The summed E-state index contributed by atoms with van der Waals surface area (Å²) in [5, 5.41) is 0.457. The average molecular weight is 300 g/mol. The minimum Gasteiger partial charge on any atom is -0.228 e. The molecule has 0 amide bonds. The van der Waals surface area contributed by atoms with Crippen LogP contribution in [0.4, 0.5) is 4.39 Å². The number of halogens is 1. The molecule has 3 heteroatoms. The van der Waals surface area contributed by atoms with Crippen molar-refractivity contribution in [3.05, 3.63) is 84.7 Å². The molecule has 0 aliphatic heterocycles. The first-order valence-corrected chi connectivity index (χ1v) is 7.40. The maximum absolute atomic E-state index is 14.4. The van der Waals surface area contributed by atoms with Gasteiger partial charge in [0.2, 0.25) is 0 Å². The van der Waals surface area contributed by atoms with Gasteiger partial charge in [-0.3, -0.25) is 0 Å². The van der Waals surface area contributed by atoms with Gasteiger partial charge in [-0.05, 0) is 12.1 Å². The molecule has 3 aromatic carbocycles. The lowest BCUT2D eigenvalue weighted by Gasteiger charge is -2.10. The van der Waals surface area contributed by atoms with Crippen molar-refractivity contribution in [2.75, 3.05) is 0 Å². The molecule has 4 rings (SSSR count). The fourth-order valence-electron chi connectivity index (χ4n) is 2.66. The number of aromatic nitrogens is 2. The number of hydrogen-bond acceptors (Lipinski definition) is 2. The molecule has 0 N–H and O–H groups in total. The lowest BCUT2D eigenvalue weighted by atomic mass is 10.1. The second-order valence-corrected chi connectivity index (χ2v) is 5.26. The first kappa shape index (κ1) is 13.6. The van der Waals surface area contributed by atoms with Crippen LogP contribution in [-0.2, 0) is 0 Å². The number of rotatable bonds is 2. The molecular weight excluding hydrogens is 287 g/mol. The zero-order chi connectivity index (χ0) is 15.6. The topological polar surface area (TPSA) is 25.8 Å². The largest absolute Gasteiger partial charge is 0.228 e. The summed E-state index contributed by atoms with van der Waals surface area (Å²) in [6.45, 7) is 0. The Balaban J connectivity index is 2.06. The van der Waals surface area contributed by atoms with Gasteiger partial charge in [-0.25, -0.2) is 14.4 Å². The molecule has 0 aliphatic carbocycles. The van der Waals surface area contributed by atoms with Crippen molar-refractivity contribution in [2.24, 2.45) is 0 Å². The monoisotopic (exact) mass is 300 g/mol. The van der Waals surface area contributed by atoms with Crippen molar-refractivity contribution in [3.63, 3.8) is 0 Å². The van der Waals surface area contributed by atoms with Crippen molar-refractivity contribution < 1.29 is 4.39 Å². The average Bonchev–Trinajstić information content (AvgIpc) is 2.62. The SMILES string of the molecule is Fc1cccc2nc(-c3ccccc3)nc(-c3ccccc3)c12. The van der Waals surface area contributed by atoms with Crippen LogP contribution in [0, 0.1) is 5.82 Å². The third kappa shape index (κ3) is 2.46. The van der Waals surface area contributed by atoms with Crippen LogP contribution in [0.15, 0.2) is 78.9 Å². The summed E-state index contributed by atoms with van der Waals surface area (Å²) >= 11 is 0. The molecule has 0 spiro atoms. The summed E-state index contributed by atoms with van der Waals surface area (Å²) in [5.41, 5.74) is 3.02. The van der Waals surface area contributed by atoms with Crippen molar-refractivity contribution in [1.29, 1.82) is 0 Å². The van der Waals surface area contributed by atoms with Crippen molar-refractivity contribution in [2.45, 2.75) is 0 Å². The van der Waals surface area contributed by atoms with E-state index in [9.17, 15) is 4.39 Å². The Morgan fingerprint density at radius 3 is 1.96 bits per heavy atom. The standard InChI is InChI=1S/C20H13FN2/c21-16-12-7-13-17-18(16)19(14-8-3-1-4-9-14)23-20(22-17)15-10-5-2-6-11-15/h1-13H. The molecule has 0 atom stereocenters. The molecule has 2 nitrogen and oxygen atoms in total. The van der Waals surface area contributed by atoms with E-state index >= 15 is 0 Å². The summed E-state index contributed by atoms with van der Waals surface area (Å²) in [6, 6.07) is 24.3. The molecule has 0 aliphatic rings. The van der Waals surface area contributed by atoms with Gasteiger partial charge in [0.05, 0.1) is 16.6 Å². The number of nitrogens with zero attached hydrogens (tertiary/aromatic N) is 2. The fraction of sp³-hybridized carbons (Fsp3) is 0. The third-order valence-electron chi connectivity index (χ3n) is 3.75. The van der Waals surface area contributed by atoms with Crippen molar-refractivity contribution >= 4 is 10.9 Å². The minimum absolute atomic E-state index is 0.305. The highest BCUT2D eigenvalue weighted by Crippen LogP contribution is 2.30. The molecule has 23 heavy (non-hydrogen) atoms. The first-order chi connectivity index (χ1) is 11.3. The van der Waals surface area contributed by atoms with E-state index < -0.39 is 0 Å². The van der Waals surface area contributed by atoms with Gasteiger partial charge in [0.15, 0.2) is 5.82 Å². The van der Waals surface area contributed by atoms with E-state index in [2.05, 4.69) is 9.97 Å². The van der Waals surface area contributed by atoms with E-state index in [4.69, 9.17) is 0 Å². The van der Waals surface area contributed by atoms with Crippen molar-refractivity contribution in [1.82, 2.24) is 9.97 Å². The maximum atomic E-state index is 14.4. The summed E-state index contributed by atoms with van der Waals surface area (Å²) < 4.78 is 14.4. The molecule has 4 aromatic rings. The number of fused-ring (bicyclic) bond motifs is 1. The highest BCUT2D eigenvalue weighted by molar-refractivity contribution is 5.94. The molecule has 1 aromatic heterocycles. The lowest BCUT2D eigenvalue weighted by molar-refractivity contribution is 0.639. The smallest absolute Gasteiger partial charge is 0.160 e. The van der Waals surface area contributed by atoms with Crippen LogP contribution in [0.3, 0.4) is 0 Å². The van der Waals surface area contributed by atoms with Crippen LogP contribution in [0.25, 0.3) is 33.5 Å². The van der Waals surface area contributed by atoms with Crippen molar-refractivity contribution in [3.8, 4) is 22.6 Å². The van der Waals surface area contributed by atoms with E-state index in [0.717, 1.165) is 11.1 Å². The van der Waals surface area contributed by atoms with Crippen LogP contribution in [-0.4, -0.2) is 9.97 Å². The molecule has 0 unspecified atom stereocenters. The normalized spacial score (nSPS) is 10.8. The zero-order valence-corrected chi connectivity index (χ0v) is 12.3. The molecular formula is C20H13FN2. The Morgan fingerprint density at radius 1 is 0.609 bits per heavy atom. The van der Waals surface area contributed by atoms with Gasteiger partial charge in [-0.15, -0.1) is 0 Å². The Hall–Kier alpha value is -3.07. The van der Waals surface area contributed by atoms with E-state index in [-0.39, 0.29) is 5.82 Å². The fourth-order valence-corrected chi connectivity index (χ4v) is 2.66. The van der Waals surface area contributed by atoms with Gasteiger partial charge >= 0.3 is 0 Å². The second-order valence-electron chi connectivity index (χ2n) is 5.26. The van der Waals surface area contributed by atoms with Gasteiger partial charge in [-0.2, -0.15) is 0 Å². The molecule has 110 valence electrons. The molecule has 0 saturated carbocycles. The predicted molar refractivity (Wildman–Crippen MR) is 90.4 cm³/mol. The quantitative estimate of drug-likeness (QED) is 0.514. The lowest BCUT2D eigenvalue weighted by Crippen LogP contribution is -1.96. The first-order valence-electron chi connectivity index (χ1n) is 7.40. The van der Waals surface area contributed by atoms with Crippen LogP contribution >= 0.6 is 0 Å². The Kier molecular flexibility index (Phi) is 3.31. The molecule has 0 radical (unpaired) electrons. The van der Waals surface area contributed by atoms with Crippen LogP contribution in [0.5, 0.6) is 0 Å². The molecule has 1 heterocycles. The Bertz CT molecular complexity index is 967. The van der Waals surface area contributed by atoms with Gasteiger partial charge in [-0.1, -0.05) is 66.7 Å². The van der Waals surface area contributed by atoms with E-state index in [1.54, 1.807) is 6.07 Å². The Labute approximate surface area is 133 Å². The highest BCUT2D eigenvalue weighted by Gasteiger charge is 2.14. The van der Waals surface area contributed by atoms with Crippen LogP contribution in [0.2, 0.25) is 0 Å². The Morgan fingerprint density at radius 2 is 1.26 bits per heavy atom. The van der Waals surface area contributed by atoms with Crippen LogP contribution < -0.4 is 0 Å². The van der Waals surface area contributed by atoms with Gasteiger partial charge in [0.25, 0.3) is 0 Å². The second kappa shape index (κ2) is 5.61. The summed E-state index contributed by atoms with van der Waals surface area (Å²) in [4.78, 5) is 9.19. The third-order valence-corrected chi connectivity index (χ3v) is 3.75.